The van der Waals surface area contributed by atoms with Crippen molar-refractivity contribution in [3.05, 3.63) is 12.7 Å². The van der Waals surface area contributed by atoms with Gasteiger partial charge in [-0.3, -0.25) is 0 Å². The minimum absolute atomic E-state index is 0.325. The van der Waals surface area contributed by atoms with Crippen LogP contribution in [-0.4, -0.2) is 32.7 Å². The second-order valence-corrected chi connectivity index (χ2v) is 3.11. The molecule has 0 aliphatic rings. The van der Waals surface area contributed by atoms with Gasteiger partial charge >= 0.3 is 0 Å². The van der Waals surface area contributed by atoms with Crippen LogP contribution < -0.4 is 5.32 Å². The summed E-state index contributed by atoms with van der Waals surface area (Å²) in [4.78, 5) is 0. The molecule has 0 radical (unpaired) electrons. The zero-order chi connectivity index (χ0) is 10.8. The Kier molecular flexibility index (Phi) is 8.78. The van der Waals surface area contributed by atoms with Crippen molar-refractivity contribution in [3.8, 4) is 0 Å². The number of alkyl halides is 2. The number of ether oxygens (including phenoxy) is 1. The molecule has 0 aromatic heterocycles. The van der Waals surface area contributed by atoms with E-state index in [-0.39, 0.29) is 0 Å². The van der Waals surface area contributed by atoms with Gasteiger partial charge in [-0.2, -0.15) is 0 Å². The number of hydrogen-bond acceptors (Lipinski definition) is 2. The maximum absolute atomic E-state index is 11.7. The molecule has 1 unspecified atom stereocenters. The Hall–Kier alpha value is -0.480. The molecule has 84 valence electrons. The quantitative estimate of drug-likeness (QED) is 0.462. The molecule has 2 nitrogen and oxygen atoms in total. The number of allylic oxidation sites excluding steroid dienone is 1. The average molecular weight is 207 g/mol. The first kappa shape index (κ1) is 13.5. The van der Waals surface area contributed by atoms with Crippen LogP contribution in [0.5, 0.6) is 0 Å². The molecule has 0 rings (SSSR count). The van der Waals surface area contributed by atoms with E-state index in [9.17, 15) is 8.78 Å². The maximum atomic E-state index is 11.7. The maximum Gasteiger partial charge on any atom is 0.261 e. The lowest BCUT2D eigenvalue weighted by Crippen LogP contribution is -2.26. The van der Waals surface area contributed by atoms with E-state index in [1.165, 1.54) is 0 Å². The summed E-state index contributed by atoms with van der Waals surface area (Å²) < 4.78 is 28.2. The molecule has 0 fully saturated rings. The predicted molar refractivity (Wildman–Crippen MR) is 53.7 cm³/mol. The van der Waals surface area contributed by atoms with E-state index in [0.717, 1.165) is 19.3 Å². The molecule has 0 aliphatic carbocycles. The molecule has 0 saturated carbocycles. The summed E-state index contributed by atoms with van der Waals surface area (Å²) in [5.74, 6) is 0. The highest BCUT2D eigenvalue weighted by atomic mass is 19.3. The average Bonchev–Trinajstić information content (AvgIpc) is 2.16. The Bertz CT molecular complexity index is 142. The van der Waals surface area contributed by atoms with Crippen LogP contribution in [-0.2, 0) is 4.74 Å². The van der Waals surface area contributed by atoms with Gasteiger partial charge in [0, 0.05) is 12.6 Å². The fourth-order valence-corrected chi connectivity index (χ4v) is 1.15. The van der Waals surface area contributed by atoms with Crippen molar-refractivity contribution < 1.29 is 13.5 Å². The van der Waals surface area contributed by atoms with Crippen molar-refractivity contribution in [3.63, 3.8) is 0 Å². The molecule has 1 N–H and O–H groups in total. The minimum atomic E-state index is -2.36. The molecule has 0 spiro atoms. The van der Waals surface area contributed by atoms with Crippen molar-refractivity contribution in [2.45, 2.75) is 31.7 Å². The van der Waals surface area contributed by atoms with Crippen LogP contribution in [0.25, 0.3) is 0 Å². The van der Waals surface area contributed by atoms with E-state index < -0.39 is 13.0 Å². The first-order chi connectivity index (χ1) is 6.70. The lowest BCUT2D eigenvalue weighted by Gasteiger charge is -2.14. The summed E-state index contributed by atoms with van der Waals surface area (Å²) in [7, 11) is 1.86. The molecule has 14 heavy (non-hydrogen) atoms. The van der Waals surface area contributed by atoms with Crippen LogP contribution in [0.2, 0.25) is 0 Å². The zero-order valence-corrected chi connectivity index (χ0v) is 8.64. The highest BCUT2D eigenvalue weighted by molar-refractivity contribution is 4.72. The van der Waals surface area contributed by atoms with Gasteiger partial charge in [0.25, 0.3) is 6.43 Å². The van der Waals surface area contributed by atoms with E-state index in [1.807, 2.05) is 13.1 Å². The second-order valence-electron chi connectivity index (χ2n) is 3.11. The minimum Gasteiger partial charge on any atom is -0.375 e. The topological polar surface area (TPSA) is 21.3 Å². The van der Waals surface area contributed by atoms with E-state index in [4.69, 9.17) is 4.74 Å². The molecule has 0 aliphatic heterocycles. The Morgan fingerprint density at radius 2 is 2.14 bits per heavy atom. The number of nitrogens with one attached hydrogen (secondary N) is 1. The van der Waals surface area contributed by atoms with Gasteiger partial charge in [0.05, 0.1) is 0 Å². The number of hydrogen-bond donors (Lipinski definition) is 1. The Labute approximate surface area is 84.3 Å². The first-order valence-corrected chi connectivity index (χ1v) is 4.84. The third kappa shape index (κ3) is 8.13. The summed E-state index contributed by atoms with van der Waals surface area (Å²) >= 11 is 0. The van der Waals surface area contributed by atoms with E-state index in [1.54, 1.807) is 0 Å². The van der Waals surface area contributed by atoms with Gasteiger partial charge < -0.3 is 10.1 Å². The van der Waals surface area contributed by atoms with Crippen molar-refractivity contribution in [2.75, 3.05) is 20.3 Å². The van der Waals surface area contributed by atoms with Crippen molar-refractivity contribution >= 4 is 0 Å². The van der Waals surface area contributed by atoms with Gasteiger partial charge in [-0.1, -0.05) is 6.08 Å². The van der Waals surface area contributed by atoms with Crippen LogP contribution >= 0.6 is 0 Å². The first-order valence-electron chi connectivity index (χ1n) is 4.84. The highest BCUT2D eigenvalue weighted by Gasteiger charge is 2.06. The van der Waals surface area contributed by atoms with Crippen LogP contribution in [0.15, 0.2) is 12.7 Å². The van der Waals surface area contributed by atoms with Crippen molar-refractivity contribution in [2.24, 2.45) is 0 Å². The SMILES string of the molecule is C=CCCC(CCOCC(F)F)NC. The van der Waals surface area contributed by atoms with Crippen LogP contribution in [0.3, 0.4) is 0 Å². The largest absolute Gasteiger partial charge is 0.375 e. The number of rotatable bonds is 9. The fourth-order valence-electron chi connectivity index (χ4n) is 1.15. The van der Waals surface area contributed by atoms with Gasteiger partial charge in [0.2, 0.25) is 0 Å². The normalized spacial score (nSPS) is 13.1. The molecule has 1 atom stereocenters. The monoisotopic (exact) mass is 207 g/mol. The molecule has 0 bridgehead atoms. The molecular weight excluding hydrogens is 188 g/mol. The van der Waals surface area contributed by atoms with Crippen molar-refractivity contribution in [1.29, 1.82) is 0 Å². The smallest absolute Gasteiger partial charge is 0.261 e. The van der Waals surface area contributed by atoms with Gasteiger partial charge in [-0.25, -0.2) is 8.78 Å². The Morgan fingerprint density at radius 3 is 2.64 bits per heavy atom. The summed E-state index contributed by atoms with van der Waals surface area (Å²) in [5.41, 5.74) is 0. The highest BCUT2D eigenvalue weighted by Crippen LogP contribution is 2.03. The van der Waals surface area contributed by atoms with Gasteiger partial charge in [0.1, 0.15) is 6.61 Å². The standard InChI is InChI=1S/C10H19F2NO/c1-3-4-5-9(13-2)6-7-14-8-10(11)12/h3,9-10,13H,1,4-8H2,2H3. The Morgan fingerprint density at radius 1 is 1.43 bits per heavy atom. The third-order valence-electron chi connectivity index (χ3n) is 1.98. The van der Waals surface area contributed by atoms with E-state index in [0.29, 0.717) is 12.6 Å². The van der Waals surface area contributed by atoms with Crippen molar-refractivity contribution in [1.82, 2.24) is 5.32 Å². The molecule has 0 amide bonds. The molecule has 0 heterocycles. The lowest BCUT2D eigenvalue weighted by molar-refractivity contribution is 0.0144. The molecule has 0 aromatic rings. The number of halogens is 2. The third-order valence-corrected chi connectivity index (χ3v) is 1.98. The molecule has 0 aromatic carbocycles. The lowest BCUT2D eigenvalue weighted by atomic mass is 10.1. The predicted octanol–water partition coefficient (Wildman–Crippen LogP) is 2.21. The van der Waals surface area contributed by atoms with Crippen LogP contribution in [0.4, 0.5) is 8.78 Å². The Balaban J connectivity index is 3.37. The fraction of sp³-hybridized carbons (Fsp3) is 0.800. The van der Waals surface area contributed by atoms with Gasteiger partial charge in [-0.05, 0) is 26.3 Å². The summed E-state index contributed by atoms with van der Waals surface area (Å²) in [5, 5.41) is 3.11. The molecule has 4 heteroatoms. The zero-order valence-electron chi connectivity index (χ0n) is 8.64. The second kappa shape index (κ2) is 9.09. The summed E-state index contributed by atoms with van der Waals surface area (Å²) in [6.07, 6.45) is 2.15. The summed E-state index contributed by atoms with van der Waals surface area (Å²) in [6.45, 7) is 3.55. The van der Waals surface area contributed by atoms with Crippen LogP contribution in [0, 0.1) is 0 Å². The van der Waals surface area contributed by atoms with Gasteiger partial charge in [0.15, 0.2) is 0 Å². The summed E-state index contributed by atoms with van der Waals surface area (Å²) in [6, 6.07) is 0.325. The van der Waals surface area contributed by atoms with Gasteiger partial charge in [-0.15, -0.1) is 6.58 Å². The van der Waals surface area contributed by atoms with E-state index >= 15 is 0 Å². The molecule has 0 saturated heterocycles. The molecular formula is C10H19F2NO. The van der Waals surface area contributed by atoms with Crippen LogP contribution in [0.1, 0.15) is 19.3 Å². The van der Waals surface area contributed by atoms with E-state index in [2.05, 4.69) is 11.9 Å².